The molecule has 24 heavy (non-hydrogen) atoms. The summed E-state index contributed by atoms with van der Waals surface area (Å²) in [7, 11) is 1.49. The molecule has 0 aliphatic heterocycles. The van der Waals surface area contributed by atoms with Crippen LogP contribution in [0.25, 0.3) is 0 Å². The van der Waals surface area contributed by atoms with Gasteiger partial charge < -0.3 is 9.84 Å². The van der Waals surface area contributed by atoms with Crippen molar-refractivity contribution in [3.63, 3.8) is 0 Å². The van der Waals surface area contributed by atoms with Gasteiger partial charge in [0, 0.05) is 16.7 Å². The van der Waals surface area contributed by atoms with E-state index in [-0.39, 0.29) is 11.6 Å². The van der Waals surface area contributed by atoms with Crippen molar-refractivity contribution >= 4 is 11.6 Å². The Hall–Kier alpha value is -2.46. The zero-order chi connectivity index (χ0) is 17.0. The quantitative estimate of drug-likeness (QED) is 0.748. The standard InChI is InChI=1S/C20H18O4/c1-10-8-11-6-7-13-18(16(11)14(21)9-10)20(23)12-4-3-5-15(24-2)17(12)19(13)22/h3-7,10,14,21H,8-9H2,1-2H3/t10?,14-/m0/s1. The van der Waals surface area contributed by atoms with Crippen molar-refractivity contribution in [2.75, 3.05) is 7.11 Å². The number of ketones is 2. The van der Waals surface area contributed by atoms with Gasteiger partial charge in [-0.15, -0.1) is 0 Å². The van der Waals surface area contributed by atoms with Gasteiger partial charge in [-0.25, -0.2) is 0 Å². The van der Waals surface area contributed by atoms with Crippen molar-refractivity contribution in [2.24, 2.45) is 5.92 Å². The maximum Gasteiger partial charge on any atom is 0.198 e. The molecule has 2 aliphatic rings. The summed E-state index contributed by atoms with van der Waals surface area (Å²) in [5, 5.41) is 10.6. The number of benzene rings is 2. The molecule has 0 radical (unpaired) electrons. The molecule has 0 heterocycles. The second kappa shape index (κ2) is 5.28. The normalized spacial score (nSPS) is 21.8. The van der Waals surface area contributed by atoms with Gasteiger partial charge in [0.2, 0.25) is 0 Å². The molecule has 0 saturated carbocycles. The van der Waals surface area contributed by atoms with E-state index >= 15 is 0 Å². The fourth-order valence-corrected chi connectivity index (χ4v) is 4.01. The van der Waals surface area contributed by atoms with E-state index in [0.717, 1.165) is 12.0 Å². The van der Waals surface area contributed by atoms with Crippen LogP contribution in [-0.2, 0) is 6.42 Å². The number of carbonyl (C=O) groups excluding carboxylic acids is 2. The van der Waals surface area contributed by atoms with Crippen LogP contribution in [-0.4, -0.2) is 23.8 Å². The summed E-state index contributed by atoms with van der Waals surface area (Å²) in [5.41, 5.74) is 3.01. The first-order valence-electron chi connectivity index (χ1n) is 8.13. The molecule has 2 atom stereocenters. The number of rotatable bonds is 1. The average Bonchev–Trinajstić information content (AvgIpc) is 2.57. The molecule has 4 rings (SSSR count). The molecule has 1 N–H and O–H groups in total. The van der Waals surface area contributed by atoms with Gasteiger partial charge in [-0.2, -0.15) is 0 Å². The van der Waals surface area contributed by atoms with Gasteiger partial charge in [0.25, 0.3) is 0 Å². The molecule has 122 valence electrons. The highest BCUT2D eigenvalue weighted by molar-refractivity contribution is 6.30. The molecule has 1 unspecified atom stereocenters. The second-order valence-electron chi connectivity index (χ2n) is 6.66. The lowest BCUT2D eigenvalue weighted by atomic mass is 9.74. The van der Waals surface area contributed by atoms with E-state index in [2.05, 4.69) is 6.92 Å². The predicted octanol–water partition coefficient (Wildman–Crippen LogP) is 3.09. The maximum absolute atomic E-state index is 13.1. The summed E-state index contributed by atoms with van der Waals surface area (Å²) in [5.74, 6) is 0.338. The van der Waals surface area contributed by atoms with E-state index in [4.69, 9.17) is 4.74 Å². The molecular formula is C20H18O4. The first-order chi connectivity index (χ1) is 11.5. The minimum atomic E-state index is -0.706. The Morgan fingerprint density at radius 2 is 1.75 bits per heavy atom. The van der Waals surface area contributed by atoms with Crippen LogP contribution in [0.4, 0.5) is 0 Å². The van der Waals surface area contributed by atoms with E-state index in [0.29, 0.717) is 45.9 Å². The molecular weight excluding hydrogens is 304 g/mol. The zero-order valence-electron chi connectivity index (χ0n) is 13.6. The molecule has 4 heteroatoms. The van der Waals surface area contributed by atoms with Gasteiger partial charge in [0.1, 0.15) is 5.75 Å². The van der Waals surface area contributed by atoms with Crippen LogP contribution in [0.5, 0.6) is 5.75 Å². The summed E-state index contributed by atoms with van der Waals surface area (Å²) < 4.78 is 5.27. The number of aliphatic hydroxyl groups is 1. The predicted molar refractivity (Wildman–Crippen MR) is 88.7 cm³/mol. The zero-order valence-corrected chi connectivity index (χ0v) is 13.6. The van der Waals surface area contributed by atoms with Crippen molar-refractivity contribution in [3.8, 4) is 5.75 Å². The number of aliphatic hydroxyl groups excluding tert-OH is 1. The van der Waals surface area contributed by atoms with Crippen LogP contribution in [0.15, 0.2) is 30.3 Å². The smallest absolute Gasteiger partial charge is 0.198 e. The Balaban J connectivity index is 1.99. The van der Waals surface area contributed by atoms with Gasteiger partial charge in [-0.05, 0) is 42.0 Å². The van der Waals surface area contributed by atoms with E-state index < -0.39 is 6.10 Å². The molecule has 0 saturated heterocycles. The van der Waals surface area contributed by atoms with Crippen LogP contribution in [0.1, 0.15) is 62.4 Å². The van der Waals surface area contributed by atoms with Crippen LogP contribution in [0.3, 0.4) is 0 Å². The number of methoxy groups -OCH3 is 1. The highest BCUT2D eigenvalue weighted by Crippen LogP contribution is 2.41. The monoisotopic (exact) mass is 322 g/mol. The summed E-state index contributed by atoms with van der Waals surface area (Å²) in [6, 6.07) is 8.64. The van der Waals surface area contributed by atoms with Crippen molar-refractivity contribution in [3.05, 3.63) is 63.7 Å². The summed E-state index contributed by atoms with van der Waals surface area (Å²) in [6.07, 6.45) is 0.713. The van der Waals surface area contributed by atoms with Crippen molar-refractivity contribution < 1.29 is 19.4 Å². The number of ether oxygens (including phenoxy) is 1. The van der Waals surface area contributed by atoms with E-state index in [9.17, 15) is 14.7 Å². The number of hydrogen-bond acceptors (Lipinski definition) is 4. The van der Waals surface area contributed by atoms with Gasteiger partial charge in [-0.3, -0.25) is 9.59 Å². The lowest BCUT2D eigenvalue weighted by Crippen LogP contribution is -2.27. The van der Waals surface area contributed by atoms with Gasteiger partial charge in [0.05, 0.1) is 18.8 Å². The first kappa shape index (κ1) is 15.1. The lowest BCUT2D eigenvalue weighted by Gasteiger charge is -2.31. The first-order valence-corrected chi connectivity index (χ1v) is 8.13. The van der Waals surface area contributed by atoms with E-state index in [1.54, 1.807) is 24.3 Å². The number of carbonyl (C=O) groups is 2. The molecule has 0 spiro atoms. The van der Waals surface area contributed by atoms with Gasteiger partial charge >= 0.3 is 0 Å². The Morgan fingerprint density at radius 3 is 2.50 bits per heavy atom. The summed E-state index contributed by atoms with van der Waals surface area (Å²) in [6.45, 7) is 2.08. The third kappa shape index (κ3) is 1.96. The SMILES string of the molecule is COc1cccc2c1C(=O)c1ccc3c(c1C2=O)[C@@H](O)CC(C)C3. The van der Waals surface area contributed by atoms with Crippen molar-refractivity contribution in [1.82, 2.24) is 0 Å². The Kier molecular flexibility index (Phi) is 3.32. The average molecular weight is 322 g/mol. The fraction of sp³-hybridized carbons (Fsp3) is 0.300. The number of fused-ring (bicyclic) bond motifs is 4. The molecule has 0 amide bonds. The molecule has 2 aromatic rings. The molecule has 0 fully saturated rings. The van der Waals surface area contributed by atoms with Crippen LogP contribution in [0.2, 0.25) is 0 Å². The molecule has 2 aliphatic carbocycles. The van der Waals surface area contributed by atoms with Crippen molar-refractivity contribution in [1.29, 1.82) is 0 Å². The van der Waals surface area contributed by atoms with Crippen LogP contribution >= 0.6 is 0 Å². The molecule has 0 aromatic heterocycles. The third-order valence-corrected chi connectivity index (χ3v) is 5.05. The summed E-state index contributed by atoms with van der Waals surface area (Å²) >= 11 is 0. The topological polar surface area (TPSA) is 63.6 Å². The molecule has 0 bridgehead atoms. The fourth-order valence-electron chi connectivity index (χ4n) is 4.01. The lowest BCUT2D eigenvalue weighted by molar-refractivity contribution is 0.0963. The van der Waals surface area contributed by atoms with Crippen molar-refractivity contribution in [2.45, 2.75) is 25.9 Å². The Morgan fingerprint density at radius 1 is 1.04 bits per heavy atom. The number of hydrogen-bond donors (Lipinski definition) is 1. The minimum Gasteiger partial charge on any atom is -0.496 e. The molecule has 2 aromatic carbocycles. The third-order valence-electron chi connectivity index (χ3n) is 5.05. The Bertz CT molecular complexity index is 881. The highest BCUT2D eigenvalue weighted by Gasteiger charge is 2.37. The van der Waals surface area contributed by atoms with Crippen LogP contribution in [0, 0.1) is 5.92 Å². The maximum atomic E-state index is 13.1. The largest absolute Gasteiger partial charge is 0.496 e. The Labute approximate surface area is 140 Å². The minimum absolute atomic E-state index is 0.205. The summed E-state index contributed by atoms with van der Waals surface area (Å²) in [4.78, 5) is 26.1. The highest BCUT2D eigenvalue weighted by atomic mass is 16.5. The van der Waals surface area contributed by atoms with Gasteiger partial charge in [0.15, 0.2) is 11.6 Å². The second-order valence-corrected chi connectivity index (χ2v) is 6.66. The van der Waals surface area contributed by atoms with Crippen LogP contribution < -0.4 is 4.74 Å². The van der Waals surface area contributed by atoms with Gasteiger partial charge in [-0.1, -0.05) is 25.1 Å². The van der Waals surface area contributed by atoms with E-state index in [1.807, 2.05) is 6.07 Å². The van der Waals surface area contributed by atoms with E-state index in [1.165, 1.54) is 7.11 Å². The molecule has 4 nitrogen and oxygen atoms in total.